The van der Waals surface area contributed by atoms with Crippen LogP contribution in [0.15, 0.2) is 52.1 Å². The summed E-state index contributed by atoms with van der Waals surface area (Å²) >= 11 is 0. The van der Waals surface area contributed by atoms with Crippen molar-refractivity contribution < 1.29 is 14.1 Å². The summed E-state index contributed by atoms with van der Waals surface area (Å²) in [4.78, 5) is 31.2. The van der Waals surface area contributed by atoms with E-state index in [1.54, 1.807) is 29.2 Å². The lowest BCUT2D eigenvalue weighted by Crippen LogP contribution is -2.53. The summed E-state index contributed by atoms with van der Waals surface area (Å²) in [5.41, 5.74) is 0.963. The normalized spacial score (nSPS) is 14.8. The maximum absolute atomic E-state index is 12.4. The minimum atomic E-state index is -0.416. The molecule has 0 unspecified atom stereocenters. The Balaban J connectivity index is 1.60. The highest BCUT2D eigenvalue weighted by molar-refractivity contribution is 5.91. The number of guanidine groups is 1. The van der Waals surface area contributed by atoms with E-state index < -0.39 is 4.92 Å². The topological polar surface area (TPSA) is 104 Å². The first-order valence-corrected chi connectivity index (χ1v) is 9.18. The molecule has 0 bridgehead atoms. The van der Waals surface area contributed by atoms with Crippen LogP contribution in [0.3, 0.4) is 0 Å². The molecule has 1 aliphatic rings. The SMILES string of the molecule is CCNC(=NCc1ccc([N+](=O)[O-])cc1)N1CCN(C(=O)c2ccco2)CC1. The fourth-order valence-corrected chi connectivity index (χ4v) is 2.99. The van der Waals surface area contributed by atoms with Crippen molar-refractivity contribution in [3.8, 4) is 0 Å². The lowest BCUT2D eigenvalue weighted by atomic mass is 10.2. The van der Waals surface area contributed by atoms with Gasteiger partial charge in [-0.25, -0.2) is 4.99 Å². The second-order valence-corrected chi connectivity index (χ2v) is 6.35. The van der Waals surface area contributed by atoms with Crippen LogP contribution in [0.1, 0.15) is 23.0 Å². The quantitative estimate of drug-likeness (QED) is 0.366. The predicted octanol–water partition coefficient (Wildman–Crippen LogP) is 2.11. The summed E-state index contributed by atoms with van der Waals surface area (Å²) in [5, 5.41) is 14.0. The van der Waals surface area contributed by atoms with E-state index in [0.717, 1.165) is 18.1 Å². The number of hydrogen-bond donors (Lipinski definition) is 1. The van der Waals surface area contributed by atoms with Gasteiger partial charge in [0, 0.05) is 44.9 Å². The molecule has 1 aromatic carbocycles. The molecule has 9 nitrogen and oxygen atoms in total. The number of rotatable bonds is 5. The summed E-state index contributed by atoms with van der Waals surface area (Å²) in [6.45, 7) is 5.65. The Morgan fingerprint density at radius 1 is 1.18 bits per heavy atom. The number of hydrogen-bond acceptors (Lipinski definition) is 5. The first-order valence-electron chi connectivity index (χ1n) is 9.18. The smallest absolute Gasteiger partial charge is 0.289 e. The Labute approximate surface area is 162 Å². The van der Waals surface area contributed by atoms with Crippen LogP contribution < -0.4 is 5.32 Å². The molecule has 1 aliphatic heterocycles. The fourth-order valence-electron chi connectivity index (χ4n) is 2.99. The molecule has 0 aliphatic carbocycles. The van der Waals surface area contributed by atoms with E-state index >= 15 is 0 Å². The van der Waals surface area contributed by atoms with Gasteiger partial charge in [0.1, 0.15) is 0 Å². The number of furan rings is 1. The second kappa shape index (κ2) is 9.03. The Kier molecular flexibility index (Phi) is 6.25. The van der Waals surface area contributed by atoms with E-state index in [-0.39, 0.29) is 11.6 Å². The van der Waals surface area contributed by atoms with Gasteiger partial charge in [-0.3, -0.25) is 14.9 Å². The third-order valence-electron chi connectivity index (χ3n) is 4.49. The largest absolute Gasteiger partial charge is 0.459 e. The van der Waals surface area contributed by atoms with Crippen molar-refractivity contribution in [1.82, 2.24) is 15.1 Å². The van der Waals surface area contributed by atoms with E-state index in [1.165, 1.54) is 18.4 Å². The van der Waals surface area contributed by atoms with Gasteiger partial charge in [-0.2, -0.15) is 0 Å². The molecule has 1 saturated heterocycles. The molecular formula is C19H23N5O4. The number of carbonyl (C=O) groups excluding carboxylic acids is 1. The summed E-state index contributed by atoms with van der Waals surface area (Å²) in [6, 6.07) is 9.77. The number of carbonyl (C=O) groups is 1. The Hall–Kier alpha value is -3.36. The van der Waals surface area contributed by atoms with Crippen LogP contribution in [-0.4, -0.2) is 59.3 Å². The average Bonchev–Trinajstić information content (AvgIpc) is 3.26. The highest BCUT2D eigenvalue weighted by atomic mass is 16.6. The fraction of sp³-hybridized carbons (Fsp3) is 0.368. The molecule has 1 fully saturated rings. The summed E-state index contributed by atoms with van der Waals surface area (Å²) in [7, 11) is 0. The van der Waals surface area contributed by atoms with Crippen LogP contribution in [0.5, 0.6) is 0 Å². The third kappa shape index (κ3) is 4.67. The standard InChI is InChI=1S/C19H23N5O4/c1-2-20-19(21-14-15-5-7-16(8-6-15)24(26)27)23-11-9-22(10-12-23)18(25)17-4-3-13-28-17/h3-8,13H,2,9-12,14H2,1H3,(H,20,21). The van der Waals surface area contributed by atoms with Gasteiger partial charge in [-0.1, -0.05) is 12.1 Å². The molecule has 0 saturated carbocycles. The number of nitrogens with one attached hydrogen (secondary N) is 1. The van der Waals surface area contributed by atoms with E-state index in [4.69, 9.17) is 4.42 Å². The minimum absolute atomic E-state index is 0.0667. The second-order valence-electron chi connectivity index (χ2n) is 6.35. The van der Waals surface area contributed by atoms with Gasteiger partial charge in [-0.15, -0.1) is 0 Å². The number of non-ortho nitro benzene ring substituents is 1. The Bertz CT molecular complexity index is 825. The zero-order chi connectivity index (χ0) is 19.9. The van der Waals surface area contributed by atoms with E-state index in [9.17, 15) is 14.9 Å². The van der Waals surface area contributed by atoms with Crippen LogP contribution in [0.2, 0.25) is 0 Å². The first-order chi connectivity index (χ1) is 13.6. The molecule has 0 radical (unpaired) electrons. The van der Waals surface area contributed by atoms with Crippen LogP contribution in [-0.2, 0) is 6.54 Å². The lowest BCUT2D eigenvalue weighted by Gasteiger charge is -2.36. The van der Waals surface area contributed by atoms with Gasteiger partial charge in [0.25, 0.3) is 11.6 Å². The molecule has 2 heterocycles. The zero-order valence-corrected chi connectivity index (χ0v) is 15.7. The van der Waals surface area contributed by atoms with Crippen molar-refractivity contribution in [2.45, 2.75) is 13.5 Å². The average molecular weight is 385 g/mol. The number of nitro groups is 1. The highest BCUT2D eigenvalue weighted by Gasteiger charge is 2.25. The van der Waals surface area contributed by atoms with Crippen molar-refractivity contribution in [3.05, 3.63) is 64.1 Å². The number of amides is 1. The van der Waals surface area contributed by atoms with E-state index in [1.807, 2.05) is 6.92 Å². The number of benzene rings is 1. The Morgan fingerprint density at radius 3 is 2.43 bits per heavy atom. The molecule has 28 heavy (non-hydrogen) atoms. The van der Waals surface area contributed by atoms with Crippen molar-refractivity contribution >= 4 is 17.6 Å². The predicted molar refractivity (Wildman–Crippen MR) is 104 cm³/mol. The summed E-state index contributed by atoms with van der Waals surface area (Å²) in [5.74, 6) is 1.02. The monoisotopic (exact) mass is 385 g/mol. The van der Waals surface area contributed by atoms with Crippen molar-refractivity contribution in [2.75, 3.05) is 32.7 Å². The Morgan fingerprint density at radius 2 is 1.86 bits per heavy atom. The van der Waals surface area contributed by atoms with Crippen molar-refractivity contribution in [2.24, 2.45) is 4.99 Å². The molecule has 2 aromatic rings. The van der Waals surface area contributed by atoms with Gasteiger partial charge in [0.05, 0.1) is 17.7 Å². The molecule has 148 valence electrons. The van der Waals surface area contributed by atoms with Crippen LogP contribution in [0.4, 0.5) is 5.69 Å². The summed E-state index contributed by atoms with van der Waals surface area (Å²) in [6.07, 6.45) is 1.50. The van der Waals surface area contributed by atoms with Crippen LogP contribution >= 0.6 is 0 Å². The molecule has 9 heteroatoms. The number of nitro benzene ring substituents is 1. The highest BCUT2D eigenvalue weighted by Crippen LogP contribution is 2.13. The minimum Gasteiger partial charge on any atom is -0.459 e. The van der Waals surface area contributed by atoms with Crippen molar-refractivity contribution in [1.29, 1.82) is 0 Å². The summed E-state index contributed by atoms with van der Waals surface area (Å²) < 4.78 is 5.19. The molecule has 1 amide bonds. The molecule has 1 N–H and O–H groups in total. The van der Waals surface area contributed by atoms with Gasteiger partial charge < -0.3 is 19.5 Å². The molecular weight excluding hydrogens is 362 g/mol. The van der Waals surface area contributed by atoms with E-state index in [2.05, 4.69) is 15.2 Å². The van der Waals surface area contributed by atoms with Gasteiger partial charge in [0.2, 0.25) is 0 Å². The van der Waals surface area contributed by atoms with Gasteiger partial charge in [0.15, 0.2) is 11.7 Å². The van der Waals surface area contributed by atoms with Gasteiger partial charge in [-0.05, 0) is 24.6 Å². The number of aliphatic imine (C=N–C) groups is 1. The van der Waals surface area contributed by atoms with Crippen LogP contribution in [0.25, 0.3) is 0 Å². The third-order valence-corrected chi connectivity index (χ3v) is 4.49. The molecule has 0 atom stereocenters. The van der Waals surface area contributed by atoms with Crippen LogP contribution in [0, 0.1) is 10.1 Å². The van der Waals surface area contributed by atoms with E-state index in [0.29, 0.717) is 38.5 Å². The molecule has 0 spiro atoms. The molecule has 3 rings (SSSR count). The number of nitrogens with zero attached hydrogens (tertiary/aromatic N) is 4. The van der Waals surface area contributed by atoms with Crippen molar-refractivity contribution in [3.63, 3.8) is 0 Å². The maximum atomic E-state index is 12.4. The lowest BCUT2D eigenvalue weighted by molar-refractivity contribution is -0.384. The van der Waals surface area contributed by atoms with Gasteiger partial charge >= 0.3 is 0 Å². The maximum Gasteiger partial charge on any atom is 0.289 e. The number of piperazine rings is 1. The molecule has 1 aromatic heterocycles. The zero-order valence-electron chi connectivity index (χ0n) is 15.7. The first kappa shape index (κ1) is 19.4.